The molecular formula is C11H15N5O. The molecule has 0 saturated heterocycles. The van der Waals surface area contributed by atoms with E-state index in [-0.39, 0.29) is 0 Å². The van der Waals surface area contributed by atoms with Gasteiger partial charge in [0.15, 0.2) is 0 Å². The molecule has 17 heavy (non-hydrogen) atoms. The Labute approximate surface area is 99.5 Å². The van der Waals surface area contributed by atoms with Gasteiger partial charge >= 0.3 is 0 Å². The second-order valence-electron chi connectivity index (χ2n) is 3.70. The number of rotatable bonds is 4. The Morgan fingerprint density at radius 3 is 2.65 bits per heavy atom. The van der Waals surface area contributed by atoms with E-state index in [1.807, 2.05) is 20.9 Å². The van der Waals surface area contributed by atoms with Crippen LogP contribution in [0.3, 0.4) is 0 Å². The first-order valence-electron chi connectivity index (χ1n) is 5.36. The summed E-state index contributed by atoms with van der Waals surface area (Å²) < 4.78 is 5.09. The summed E-state index contributed by atoms with van der Waals surface area (Å²) in [5.74, 6) is 2.28. The summed E-state index contributed by atoms with van der Waals surface area (Å²) in [5, 5.41) is 10.0. The lowest BCUT2D eigenvalue weighted by Crippen LogP contribution is -2.04. The third-order valence-corrected chi connectivity index (χ3v) is 2.52. The molecule has 0 radical (unpaired) electrons. The van der Waals surface area contributed by atoms with Crippen LogP contribution in [0.25, 0.3) is 0 Å². The summed E-state index contributed by atoms with van der Waals surface area (Å²) in [4.78, 5) is 8.39. The molecule has 90 valence electrons. The zero-order valence-corrected chi connectivity index (χ0v) is 10.1. The molecule has 2 heterocycles. The maximum Gasteiger partial charge on any atom is 0.147 e. The quantitative estimate of drug-likeness (QED) is 0.837. The Bertz CT molecular complexity index is 489. The lowest BCUT2D eigenvalue weighted by Gasteiger charge is -2.06. The van der Waals surface area contributed by atoms with Crippen molar-refractivity contribution >= 4 is 11.6 Å². The minimum absolute atomic E-state index is 0.628. The molecule has 2 rings (SSSR count). The van der Waals surface area contributed by atoms with E-state index in [0.29, 0.717) is 6.54 Å². The highest BCUT2D eigenvalue weighted by molar-refractivity contribution is 5.41. The normalized spacial score (nSPS) is 10.3. The van der Waals surface area contributed by atoms with E-state index in [9.17, 15) is 0 Å². The average Bonchev–Trinajstić information content (AvgIpc) is 2.67. The first kappa shape index (κ1) is 11.4. The minimum Gasteiger partial charge on any atom is -0.372 e. The molecule has 0 atom stereocenters. The maximum atomic E-state index is 5.09. The highest BCUT2D eigenvalue weighted by Gasteiger charge is 2.08. The van der Waals surface area contributed by atoms with Crippen molar-refractivity contribution in [2.45, 2.75) is 20.4 Å². The van der Waals surface area contributed by atoms with Gasteiger partial charge in [0.05, 0.1) is 18.1 Å². The molecule has 2 aromatic rings. The predicted molar refractivity (Wildman–Crippen MR) is 64.9 cm³/mol. The van der Waals surface area contributed by atoms with Gasteiger partial charge in [0.2, 0.25) is 0 Å². The highest BCUT2D eigenvalue weighted by Crippen LogP contribution is 2.14. The molecule has 0 spiro atoms. The van der Waals surface area contributed by atoms with Gasteiger partial charge in [-0.05, 0) is 13.8 Å². The number of nitrogens with one attached hydrogen (secondary N) is 2. The van der Waals surface area contributed by atoms with E-state index in [1.54, 1.807) is 12.4 Å². The molecule has 0 bridgehead atoms. The average molecular weight is 233 g/mol. The summed E-state index contributed by atoms with van der Waals surface area (Å²) in [7, 11) is 1.81. The number of aryl methyl sites for hydroxylation is 2. The molecule has 0 aliphatic carbocycles. The minimum atomic E-state index is 0.628. The number of anilines is 2. The van der Waals surface area contributed by atoms with Gasteiger partial charge in [0, 0.05) is 19.2 Å². The smallest absolute Gasteiger partial charge is 0.147 e. The molecular weight excluding hydrogens is 218 g/mol. The van der Waals surface area contributed by atoms with Gasteiger partial charge < -0.3 is 15.2 Å². The van der Waals surface area contributed by atoms with Crippen LogP contribution >= 0.6 is 0 Å². The summed E-state index contributed by atoms with van der Waals surface area (Å²) in [6, 6.07) is 0. The monoisotopic (exact) mass is 233 g/mol. The van der Waals surface area contributed by atoms with Crippen molar-refractivity contribution in [1.82, 2.24) is 15.1 Å². The summed E-state index contributed by atoms with van der Waals surface area (Å²) in [6.45, 7) is 4.44. The maximum absolute atomic E-state index is 5.09. The van der Waals surface area contributed by atoms with Gasteiger partial charge in [-0.2, -0.15) is 0 Å². The molecule has 0 unspecified atom stereocenters. The van der Waals surface area contributed by atoms with Crippen molar-refractivity contribution in [2.24, 2.45) is 0 Å². The highest BCUT2D eigenvalue weighted by atomic mass is 16.5. The Balaban J connectivity index is 2.07. The van der Waals surface area contributed by atoms with Crippen LogP contribution in [0.5, 0.6) is 0 Å². The van der Waals surface area contributed by atoms with Gasteiger partial charge in [-0.1, -0.05) is 5.16 Å². The summed E-state index contributed by atoms with van der Waals surface area (Å²) in [5.41, 5.74) is 1.95. The van der Waals surface area contributed by atoms with Crippen LogP contribution < -0.4 is 10.6 Å². The van der Waals surface area contributed by atoms with Gasteiger partial charge in [-0.3, -0.25) is 4.98 Å². The molecule has 6 heteroatoms. The fraction of sp³-hybridized carbons (Fsp3) is 0.364. The molecule has 2 N–H and O–H groups in total. The van der Waals surface area contributed by atoms with E-state index in [4.69, 9.17) is 4.52 Å². The van der Waals surface area contributed by atoms with Crippen LogP contribution in [0.4, 0.5) is 11.6 Å². The Morgan fingerprint density at radius 2 is 2.00 bits per heavy atom. The first-order valence-corrected chi connectivity index (χ1v) is 5.36. The van der Waals surface area contributed by atoms with Crippen LogP contribution in [0.2, 0.25) is 0 Å². The van der Waals surface area contributed by atoms with E-state index in [1.165, 1.54) is 0 Å². The summed E-state index contributed by atoms with van der Waals surface area (Å²) in [6.07, 6.45) is 3.35. The van der Waals surface area contributed by atoms with E-state index in [2.05, 4.69) is 25.8 Å². The summed E-state index contributed by atoms with van der Waals surface area (Å²) >= 11 is 0. The van der Waals surface area contributed by atoms with Gasteiger partial charge in [0.25, 0.3) is 0 Å². The number of hydrogen-bond donors (Lipinski definition) is 2. The molecule has 2 aromatic heterocycles. The molecule has 0 aromatic carbocycles. The van der Waals surface area contributed by atoms with E-state index < -0.39 is 0 Å². The lowest BCUT2D eigenvalue weighted by molar-refractivity contribution is 0.392. The van der Waals surface area contributed by atoms with Gasteiger partial charge in [-0.15, -0.1) is 0 Å². The molecule has 0 aliphatic rings. The molecule has 0 saturated carbocycles. The standard InChI is InChI=1S/C11H15N5O/c1-7-9(8(2)17-16-7)4-14-11-6-13-5-10(12-3)15-11/h5-6H,4H2,1-3H3,(H2,12,14,15). The van der Waals surface area contributed by atoms with Gasteiger partial charge in [0.1, 0.15) is 17.4 Å². The fourth-order valence-corrected chi connectivity index (χ4v) is 1.50. The Morgan fingerprint density at radius 1 is 1.24 bits per heavy atom. The third-order valence-electron chi connectivity index (χ3n) is 2.52. The molecule has 0 fully saturated rings. The van der Waals surface area contributed by atoms with Crippen LogP contribution in [0.15, 0.2) is 16.9 Å². The number of aromatic nitrogens is 3. The second-order valence-corrected chi connectivity index (χ2v) is 3.70. The molecule has 0 aliphatic heterocycles. The molecule has 0 amide bonds. The molecule has 6 nitrogen and oxygen atoms in total. The van der Waals surface area contributed by atoms with Crippen molar-refractivity contribution in [1.29, 1.82) is 0 Å². The predicted octanol–water partition coefficient (Wildman–Crippen LogP) is 1.74. The number of hydrogen-bond acceptors (Lipinski definition) is 6. The van der Waals surface area contributed by atoms with Gasteiger partial charge in [-0.25, -0.2) is 4.98 Å². The number of nitrogens with zero attached hydrogens (tertiary/aromatic N) is 3. The lowest BCUT2D eigenvalue weighted by atomic mass is 10.2. The van der Waals surface area contributed by atoms with E-state index in [0.717, 1.165) is 28.7 Å². The van der Waals surface area contributed by atoms with Crippen molar-refractivity contribution in [3.8, 4) is 0 Å². The van der Waals surface area contributed by atoms with Crippen molar-refractivity contribution in [3.05, 3.63) is 29.4 Å². The zero-order valence-electron chi connectivity index (χ0n) is 10.1. The third kappa shape index (κ3) is 2.52. The van der Waals surface area contributed by atoms with Crippen LogP contribution in [-0.4, -0.2) is 22.2 Å². The van der Waals surface area contributed by atoms with Crippen LogP contribution in [-0.2, 0) is 6.54 Å². The Hall–Kier alpha value is -2.11. The largest absolute Gasteiger partial charge is 0.372 e. The van der Waals surface area contributed by atoms with Crippen molar-refractivity contribution in [3.63, 3.8) is 0 Å². The Kier molecular flexibility index (Phi) is 3.22. The van der Waals surface area contributed by atoms with Crippen LogP contribution in [0.1, 0.15) is 17.0 Å². The SMILES string of the molecule is CNc1cncc(NCc2c(C)noc2C)n1. The second kappa shape index (κ2) is 4.82. The van der Waals surface area contributed by atoms with Crippen LogP contribution in [0, 0.1) is 13.8 Å². The topological polar surface area (TPSA) is 75.9 Å². The first-order chi connectivity index (χ1) is 8.20. The fourth-order valence-electron chi connectivity index (χ4n) is 1.50. The van der Waals surface area contributed by atoms with Crippen molar-refractivity contribution in [2.75, 3.05) is 17.7 Å². The zero-order chi connectivity index (χ0) is 12.3. The van der Waals surface area contributed by atoms with E-state index >= 15 is 0 Å². The van der Waals surface area contributed by atoms with Crippen molar-refractivity contribution < 1.29 is 4.52 Å².